The van der Waals surface area contributed by atoms with Crippen LogP contribution in [0.4, 0.5) is 11.4 Å². The zero-order valence-electron chi connectivity index (χ0n) is 18.9. The van der Waals surface area contributed by atoms with E-state index in [1.54, 1.807) is 4.90 Å². The van der Waals surface area contributed by atoms with E-state index in [-0.39, 0.29) is 17.8 Å². The SMILES string of the molecule is O=C(CSc1ncc(-c2ccccc2)n1C[C@H]1CCCO1)N(c1ccccc1)c1ccccc1. The standard InChI is InChI=1S/C28H27N3O2S/c32-27(31(23-13-6-2-7-14-23)24-15-8-3-9-16-24)21-34-28-29-19-26(22-11-4-1-5-12-22)30(28)20-25-17-10-18-33-25/h1-9,11-16,19,25H,10,17-18,20-21H2/t25-/m1/s1. The van der Waals surface area contributed by atoms with Crippen LogP contribution in [0.3, 0.4) is 0 Å². The van der Waals surface area contributed by atoms with Crippen LogP contribution in [0.2, 0.25) is 0 Å². The average molecular weight is 470 g/mol. The van der Waals surface area contributed by atoms with E-state index >= 15 is 0 Å². The number of carbonyl (C=O) groups excluding carboxylic acids is 1. The third kappa shape index (κ3) is 5.08. The molecule has 0 aliphatic carbocycles. The smallest absolute Gasteiger partial charge is 0.242 e. The molecule has 2 heterocycles. The van der Waals surface area contributed by atoms with Crippen molar-refractivity contribution in [1.82, 2.24) is 9.55 Å². The molecule has 34 heavy (non-hydrogen) atoms. The van der Waals surface area contributed by atoms with Crippen molar-refractivity contribution in [3.63, 3.8) is 0 Å². The van der Waals surface area contributed by atoms with Gasteiger partial charge in [0.25, 0.3) is 0 Å². The minimum Gasteiger partial charge on any atom is -0.376 e. The largest absolute Gasteiger partial charge is 0.376 e. The number of hydrogen-bond donors (Lipinski definition) is 0. The molecule has 1 aliphatic rings. The van der Waals surface area contributed by atoms with Gasteiger partial charge in [-0.15, -0.1) is 0 Å². The first-order valence-corrected chi connectivity index (χ1v) is 12.6. The molecular formula is C28H27N3O2S. The number of benzene rings is 3. The van der Waals surface area contributed by atoms with Crippen LogP contribution in [-0.2, 0) is 16.1 Å². The number of ether oxygens (including phenoxy) is 1. The van der Waals surface area contributed by atoms with Gasteiger partial charge in [0.1, 0.15) is 0 Å². The summed E-state index contributed by atoms with van der Waals surface area (Å²) < 4.78 is 8.13. The van der Waals surface area contributed by atoms with Crippen molar-refractivity contribution >= 4 is 29.0 Å². The van der Waals surface area contributed by atoms with Crippen LogP contribution in [0, 0.1) is 0 Å². The van der Waals surface area contributed by atoms with Gasteiger partial charge in [-0.3, -0.25) is 9.69 Å². The van der Waals surface area contributed by atoms with Crippen LogP contribution in [0.1, 0.15) is 12.8 Å². The molecule has 1 fully saturated rings. The van der Waals surface area contributed by atoms with Crippen molar-refractivity contribution in [2.24, 2.45) is 0 Å². The summed E-state index contributed by atoms with van der Waals surface area (Å²) in [6.07, 6.45) is 4.22. The van der Waals surface area contributed by atoms with E-state index in [1.807, 2.05) is 85.1 Å². The topological polar surface area (TPSA) is 47.4 Å². The summed E-state index contributed by atoms with van der Waals surface area (Å²) in [6.45, 7) is 1.55. The Morgan fingerprint density at radius 2 is 1.56 bits per heavy atom. The quantitative estimate of drug-likeness (QED) is 0.289. The summed E-state index contributed by atoms with van der Waals surface area (Å²) in [4.78, 5) is 20.0. The maximum absolute atomic E-state index is 13.5. The van der Waals surface area contributed by atoms with Gasteiger partial charge in [-0.1, -0.05) is 78.5 Å². The minimum atomic E-state index is 0.00956. The second-order valence-electron chi connectivity index (χ2n) is 8.23. The number of hydrogen-bond acceptors (Lipinski definition) is 4. The van der Waals surface area contributed by atoms with E-state index in [4.69, 9.17) is 9.72 Å². The first-order chi connectivity index (χ1) is 16.8. The van der Waals surface area contributed by atoms with E-state index in [1.165, 1.54) is 11.8 Å². The van der Waals surface area contributed by atoms with Crippen molar-refractivity contribution in [2.45, 2.75) is 30.6 Å². The molecule has 0 spiro atoms. The molecule has 0 radical (unpaired) electrons. The summed E-state index contributed by atoms with van der Waals surface area (Å²) in [5, 5.41) is 0.837. The molecule has 172 valence electrons. The van der Waals surface area contributed by atoms with Crippen LogP contribution in [0.15, 0.2) is 102 Å². The first-order valence-electron chi connectivity index (χ1n) is 11.6. The fourth-order valence-corrected chi connectivity index (χ4v) is 5.10. The summed E-state index contributed by atoms with van der Waals surface area (Å²) >= 11 is 1.48. The Morgan fingerprint density at radius 3 is 2.15 bits per heavy atom. The lowest BCUT2D eigenvalue weighted by Crippen LogP contribution is -2.27. The second kappa shape index (κ2) is 10.7. The highest BCUT2D eigenvalue weighted by Gasteiger charge is 2.23. The molecule has 5 rings (SSSR count). The van der Waals surface area contributed by atoms with Gasteiger partial charge in [0.15, 0.2) is 5.16 Å². The summed E-state index contributed by atoms with van der Waals surface area (Å²) in [5.74, 6) is 0.288. The van der Waals surface area contributed by atoms with Crippen LogP contribution >= 0.6 is 11.8 Å². The number of nitrogens with zero attached hydrogens (tertiary/aromatic N) is 3. The van der Waals surface area contributed by atoms with E-state index < -0.39 is 0 Å². The minimum absolute atomic E-state index is 0.00956. The van der Waals surface area contributed by atoms with Gasteiger partial charge in [-0.25, -0.2) is 4.98 Å². The molecular weight excluding hydrogens is 442 g/mol. The van der Waals surface area contributed by atoms with Crippen molar-refractivity contribution < 1.29 is 9.53 Å². The molecule has 1 amide bonds. The van der Waals surface area contributed by atoms with Crippen molar-refractivity contribution in [3.05, 3.63) is 97.2 Å². The van der Waals surface area contributed by atoms with Gasteiger partial charge >= 0.3 is 0 Å². The van der Waals surface area contributed by atoms with Gasteiger partial charge in [-0.2, -0.15) is 0 Å². The molecule has 3 aromatic carbocycles. The Hall–Kier alpha value is -3.35. The highest BCUT2D eigenvalue weighted by molar-refractivity contribution is 7.99. The van der Waals surface area contributed by atoms with Crippen LogP contribution in [0.25, 0.3) is 11.3 Å². The molecule has 1 atom stereocenters. The lowest BCUT2D eigenvalue weighted by Gasteiger charge is -2.23. The van der Waals surface area contributed by atoms with Crippen LogP contribution in [0.5, 0.6) is 0 Å². The van der Waals surface area contributed by atoms with Gasteiger partial charge < -0.3 is 9.30 Å². The monoisotopic (exact) mass is 469 g/mol. The molecule has 6 heteroatoms. The number of amides is 1. The molecule has 0 bridgehead atoms. The highest BCUT2D eigenvalue weighted by atomic mass is 32.2. The number of carbonyl (C=O) groups is 1. The normalized spacial score (nSPS) is 15.4. The molecule has 1 aliphatic heterocycles. The van der Waals surface area contributed by atoms with E-state index in [0.29, 0.717) is 0 Å². The summed E-state index contributed by atoms with van der Waals surface area (Å²) in [5.41, 5.74) is 3.87. The molecule has 1 aromatic heterocycles. The van der Waals surface area contributed by atoms with E-state index in [9.17, 15) is 4.79 Å². The lowest BCUT2D eigenvalue weighted by molar-refractivity contribution is -0.115. The fourth-order valence-electron chi connectivity index (χ4n) is 4.26. The number of aromatic nitrogens is 2. The van der Waals surface area contributed by atoms with Crippen molar-refractivity contribution in [2.75, 3.05) is 17.3 Å². The molecule has 5 nitrogen and oxygen atoms in total. The molecule has 4 aromatic rings. The lowest BCUT2D eigenvalue weighted by atomic mass is 10.1. The van der Waals surface area contributed by atoms with Gasteiger partial charge in [0, 0.05) is 18.0 Å². The number of para-hydroxylation sites is 2. The molecule has 0 unspecified atom stereocenters. The predicted molar refractivity (Wildman–Crippen MR) is 137 cm³/mol. The maximum atomic E-state index is 13.5. The van der Waals surface area contributed by atoms with Crippen molar-refractivity contribution in [3.8, 4) is 11.3 Å². The zero-order valence-corrected chi connectivity index (χ0v) is 19.7. The molecule has 1 saturated heterocycles. The maximum Gasteiger partial charge on any atom is 0.242 e. The van der Waals surface area contributed by atoms with Crippen LogP contribution in [-0.4, -0.2) is 33.9 Å². The Morgan fingerprint density at radius 1 is 0.941 bits per heavy atom. The number of imidazole rings is 1. The molecule has 0 saturated carbocycles. The Balaban J connectivity index is 1.40. The number of anilines is 2. The van der Waals surface area contributed by atoms with E-state index in [2.05, 4.69) is 16.7 Å². The van der Waals surface area contributed by atoms with Gasteiger partial charge in [0.2, 0.25) is 5.91 Å². The summed E-state index contributed by atoms with van der Waals surface area (Å²) in [6, 6.07) is 29.8. The van der Waals surface area contributed by atoms with Crippen LogP contribution < -0.4 is 4.90 Å². The Bertz CT molecular complexity index is 1170. The fraction of sp³-hybridized carbons (Fsp3) is 0.214. The average Bonchev–Trinajstić information content (AvgIpc) is 3.55. The van der Waals surface area contributed by atoms with E-state index in [0.717, 1.165) is 53.8 Å². The van der Waals surface area contributed by atoms with Gasteiger partial charge in [0.05, 0.1) is 30.3 Å². The van der Waals surface area contributed by atoms with Gasteiger partial charge in [-0.05, 0) is 42.7 Å². The predicted octanol–water partition coefficient (Wildman–Crippen LogP) is 6.19. The number of thioether (sulfide) groups is 1. The second-order valence-corrected chi connectivity index (χ2v) is 9.17. The molecule has 0 N–H and O–H groups in total. The summed E-state index contributed by atoms with van der Waals surface area (Å²) in [7, 11) is 0. The first kappa shape index (κ1) is 22.4. The zero-order chi connectivity index (χ0) is 23.2. The number of rotatable bonds is 8. The Kier molecular flexibility index (Phi) is 7.08. The highest BCUT2D eigenvalue weighted by Crippen LogP contribution is 2.30. The third-order valence-electron chi connectivity index (χ3n) is 5.90. The third-order valence-corrected chi connectivity index (χ3v) is 6.88. The Labute approximate surface area is 204 Å². The van der Waals surface area contributed by atoms with Crippen molar-refractivity contribution in [1.29, 1.82) is 0 Å².